The van der Waals surface area contributed by atoms with Gasteiger partial charge in [-0.1, -0.05) is 40.8 Å². The van der Waals surface area contributed by atoms with Crippen LogP contribution in [-0.4, -0.2) is 41.4 Å². The summed E-state index contributed by atoms with van der Waals surface area (Å²) in [5, 5.41) is 10.5. The van der Waals surface area contributed by atoms with Gasteiger partial charge in [-0.25, -0.2) is 8.42 Å². The first-order valence-electron chi connectivity index (χ1n) is 9.75. The molecule has 0 bridgehead atoms. The van der Waals surface area contributed by atoms with Crippen molar-refractivity contribution in [3.05, 3.63) is 45.8 Å². The number of carbonyl (C=O) groups is 1. The van der Waals surface area contributed by atoms with Gasteiger partial charge in [-0.15, -0.1) is 16.4 Å². The second-order valence-corrected chi connectivity index (χ2v) is 11.2. The smallest absolute Gasteiger partial charge is 0.322 e. The van der Waals surface area contributed by atoms with Crippen molar-refractivity contribution in [2.24, 2.45) is 0 Å². The molecular formula is C20H21ClN4O4S2. The minimum absolute atomic E-state index is 0.0667. The van der Waals surface area contributed by atoms with Gasteiger partial charge in [0, 0.05) is 12.1 Å². The number of halogens is 1. The van der Waals surface area contributed by atoms with E-state index in [1.165, 1.54) is 16.4 Å². The van der Waals surface area contributed by atoms with Crippen molar-refractivity contribution in [1.82, 2.24) is 14.5 Å². The zero-order valence-electron chi connectivity index (χ0n) is 17.0. The summed E-state index contributed by atoms with van der Waals surface area (Å²) in [6, 6.07) is 7.92. The number of hydrogen-bond donors (Lipinski definition) is 1. The predicted octanol–water partition coefficient (Wildman–Crippen LogP) is 4.25. The van der Waals surface area contributed by atoms with E-state index in [0.29, 0.717) is 17.2 Å². The predicted molar refractivity (Wildman–Crippen MR) is 119 cm³/mol. The molecule has 164 valence electrons. The monoisotopic (exact) mass is 480 g/mol. The highest BCUT2D eigenvalue weighted by atomic mass is 35.5. The number of rotatable bonds is 5. The maximum Gasteiger partial charge on any atom is 0.322 e. The third-order valence-electron chi connectivity index (χ3n) is 5.15. The van der Waals surface area contributed by atoms with Crippen molar-refractivity contribution in [2.75, 3.05) is 11.9 Å². The Bertz CT molecular complexity index is 1220. The SMILES string of the molecule is Cc1ccc(C)c(-c2nnc(NC(=O)C3CCCCN3S(=O)(=O)c3ccc(Cl)s3)o2)c1. The Labute approximate surface area is 189 Å². The normalized spacial score (nSPS) is 17.6. The Morgan fingerprint density at radius 2 is 2.03 bits per heavy atom. The lowest BCUT2D eigenvalue weighted by Crippen LogP contribution is -2.49. The second kappa shape index (κ2) is 8.70. The first kappa shape index (κ1) is 21.9. The third-order valence-corrected chi connectivity index (χ3v) is 8.75. The lowest BCUT2D eigenvalue weighted by Gasteiger charge is -2.32. The van der Waals surface area contributed by atoms with E-state index in [1.807, 2.05) is 32.0 Å². The average molecular weight is 481 g/mol. The molecular weight excluding hydrogens is 460 g/mol. The Morgan fingerprint density at radius 1 is 1.23 bits per heavy atom. The number of carbonyl (C=O) groups excluding carboxylic acids is 1. The van der Waals surface area contributed by atoms with Gasteiger partial charge >= 0.3 is 6.01 Å². The van der Waals surface area contributed by atoms with Crippen LogP contribution in [0.2, 0.25) is 4.34 Å². The molecule has 1 amide bonds. The summed E-state index contributed by atoms with van der Waals surface area (Å²) in [6.45, 7) is 4.15. The van der Waals surface area contributed by atoms with Gasteiger partial charge in [-0.2, -0.15) is 4.31 Å². The fraction of sp³-hybridized carbons (Fsp3) is 0.350. The molecule has 1 aliphatic heterocycles. The minimum atomic E-state index is -3.84. The Hall–Kier alpha value is -2.27. The van der Waals surface area contributed by atoms with Gasteiger partial charge < -0.3 is 4.42 Å². The van der Waals surface area contributed by atoms with E-state index in [4.69, 9.17) is 16.0 Å². The molecule has 0 spiro atoms. The lowest BCUT2D eigenvalue weighted by atomic mass is 10.0. The molecule has 8 nitrogen and oxygen atoms in total. The summed E-state index contributed by atoms with van der Waals surface area (Å²) in [7, 11) is -3.84. The van der Waals surface area contributed by atoms with E-state index < -0.39 is 22.0 Å². The number of piperidine rings is 1. The van der Waals surface area contributed by atoms with E-state index in [1.54, 1.807) is 0 Å². The molecule has 1 fully saturated rings. The molecule has 31 heavy (non-hydrogen) atoms. The number of benzene rings is 1. The van der Waals surface area contributed by atoms with Crippen LogP contribution in [0.5, 0.6) is 0 Å². The van der Waals surface area contributed by atoms with Crippen molar-refractivity contribution in [1.29, 1.82) is 0 Å². The number of thiophene rings is 1. The summed E-state index contributed by atoms with van der Waals surface area (Å²) >= 11 is 6.89. The zero-order chi connectivity index (χ0) is 22.2. The fourth-order valence-corrected chi connectivity index (χ4v) is 6.81. The Morgan fingerprint density at radius 3 is 2.77 bits per heavy atom. The molecule has 1 aromatic carbocycles. The molecule has 1 saturated heterocycles. The minimum Gasteiger partial charge on any atom is -0.403 e. The van der Waals surface area contributed by atoms with E-state index >= 15 is 0 Å². The first-order chi connectivity index (χ1) is 14.8. The van der Waals surface area contributed by atoms with Crippen LogP contribution in [0.3, 0.4) is 0 Å². The highest BCUT2D eigenvalue weighted by molar-refractivity contribution is 7.91. The van der Waals surface area contributed by atoms with Gasteiger partial charge in [0.05, 0.1) is 4.34 Å². The number of amides is 1. The molecule has 4 rings (SSSR count). The summed E-state index contributed by atoms with van der Waals surface area (Å²) in [5.41, 5.74) is 2.79. The number of nitrogens with zero attached hydrogens (tertiary/aromatic N) is 3. The number of aryl methyl sites for hydroxylation is 2. The lowest BCUT2D eigenvalue weighted by molar-refractivity contribution is -0.120. The maximum atomic E-state index is 13.1. The Balaban J connectivity index is 1.55. The van der Waals surface area contributed by atoms with Gasteiger partial charge in [0.1, 0.15) is 10.3 Å². The van der Waals surface area contributed by atoms with Crippen molar-refractivity contribution in [3.8, 4) is 11.5 Å². The molecule has 1 aliphatic rings. The third kappa shape index (κ3) is 4.52. The van der Waals surface area contributed by atoms with E-state index in [-0.39, 0.29) is 22.7 Å². The summed E-state index contributed by atoms with van der Waals surface area (Å²) < 4.78 is 33.5. The van der Waals surface area contributed by atoms with Gasteiger partial charge in [-0.3, -0.25) is 10.1 Å². The molecule has 3 heterocycles. The largest absolute Gasteiger partial charge is 0.403 e. The van der Waals surface area contributed by atoms with Crippen LogP contribution in [0.4, 0.5) is 6.01 Å². The molecule has 11 heteroatoms. The van der Waals surface area contributed by atoms with Crippen LogP contribution in [0.15, 0.2) is 39.0 Å². The number of sulfonamides is 1. The van der Waals surface area contributed by atoms with Crippen LogP contribution < -0.4 is 5.32 Å². The van der Waals surface area contributed by atoms with Gasteiger partial charge in [-0.05, 0) is 50.5 Å². The molecule has 0 aliphatic carbocycles. The quantitative estimate of drug-likeness (QED) is 0.585. The van der Waals surface area contributed by atoms with Crippen LogP contribution >= 0.6 is 22.9 Å². The summed E-state index contributed by atoms with van der Waals surface area (Å²) in [5.74, 6) is -0.208. The molecule has 1 unspecified atom stereocenters. The topological polar surface area (TPSA) is 105 Å². The number of anilines is 1. The van der Waals surface area contributed by atoms with E-state index in [9.17, 15) is 13.2 Å². The van der Waals surface area contributed by atoms with Crippen LogP contribution in [-0.2, 0) is 14.8 Å². The number of nitrogens with one attached hydrogen (secondary N) is 1. The van der Waals surface area contributed by atoms with Gasteiger partial charge in [0.25, 0.3) is 10.0 Å². The fourth-order valence-electron chi connectivity index (χ4n) is 3.54. The Kier molecular flexibility index (Phi) is 6.16. The summed E-state index contributed by atoms with van der Waals surface area (Å²) in [4.78, 5) is 13.0. The molecule has 0 radical (unpaired) electrons. The molecule has 3 aromatic rings. The van der Waals surface area contributed by atoms with Gasteiger partial charge in [0.2, 0.25) is 11.8 Å². The summed E-state index contributed by atoms with van der Waals surface area (Å²) in [6.07, 6.45) is 1.83. The van der Waals surface area contributed by atoms with Crippen molar-refractivity contribution < 1.29 is 17.6 Å². The van der Waals surface area contributed by atoms with E-state index in [0.717, 1.165) is 34.4 Å². The van der Waals surface area contributed by atoms with E-state index in [2.05, 4.69) is 15.5 Å². The van der Waals surface area contributed by atoms with Crippen LogP contribution in [0.1, 0.15) is 30.4 Å². The standard InChI is InChI=1S/C20H21ClN4O4S2/c1-12-6-7-13(2)14(11-12)19-23-24-20(29-19)22-18(26)15-5-3-4-10-25(15)31(27,28)17-9-8-16(21)30-17/h6-9,11,15H,3-5,10H2,1-2H3,(H,22,24,26). The van der Waals surface area contributed by atoms with Crippen molar-refractivity contribution >= 4 is 44.9 Å². The van der Waals surface area contributed by atoms with Gasteiger partial charge in [0.15, 0.2) is 0 Å². The first-order valence-corrected chi connectivity index (χ1v) is 12.4. The zero-order valence-corrected chi connectivity index (χ0v) is 19.4. The van der Waals surface area contributed by atoms with Crippen LogP contribution in [0.25, 0.3) is 11.5 Å². The second-order valence-electron chi connectivity index (χ2n) is 7.41. The highest BCUT2D eigenvalue weighted by Gasteiger charge is 2.38. The molecule has 0 saturated carbocycles. The molecule has 1 atom stereocenters. The van der Waals surface area contributed by atoms with Crippen molar-refractivity contribution in [3.63, 3.8) is 0 Å². The van der Waals surface area contributed by atoms with Crippen molar-refractivity contribution in [2.45, 2.75) is 43.4 Å². The maximum absolute atomic E-state index is 13.1. The average Bonchev–Trinajstić information content (AvgIpc) is 3.39. The number of aromatic nitrogens is 2. The molecule has 1 N–H and O–H groups in total. The molecule has 2 aromatic heterocycles. The van der Waals surface area contributed by atoms with Crippen LogP contribution in [0, 0.1) is 13.8 Å². The highest BCUT2D eigenvalue weighted by Crippen LogP contribution is 2.32. The number of hydrogen-bond acceptors (Lipinski definition) is 7.